The lowest BCUT2D eigenvalue weighted by atomic mass is 9.69. The van der Waals surface area contributed by atoms with Gasteiger partial charge in [0.05, 0.1) is 22.2 Å². The highest BCUT2D eigenvalue weighted by Gasteiger charge is 2.36. The monoisotopic (exact) mass is 262 g/mol. The van der Waals surface area contributed by atoms with Crippen LogP contribution < -0.4 is 0 Å². The van der Waals surface area contributed by atoms with Crippen LogP contribution in [-0.4, -0.2) is 4.98 Å². The van der Waals surface area contributed by atoms with Crippen LogP contribution in [0.5, 0.6) is 0 Å². The summed E-state index contributed by atoms with van der Waals surface area (Å²) in [4.78, 5) is 5.90. The summed E-state index contributed by atoms with van der Waals surface area (Å²) in [6.45, 7) is 6.43. The molecule has 0 N–H and O–H groups in total. The largest absolute Gasteiger partial charge is 0.246 e. The Hall–Kier alpha value is -0.880. The van der Waals surface area contributed by atoms with Crippen molar-refractivity contribution in [3.05, 3.63) is 15.6 Å². The van der Waals surface area contributed by atoms with Gasteiger partial charge in [0.2, 0.25) is 0 Å². The highest BCUT2D eigenvalue weighted by atomic mass is 32.1. The van der Waals surface area contributed by atoms with Crippen LogP contribution in [0.4, 0.5) is 0 Å². The standard InChI is InChI=1S/C15H22N2S/c1-4-13-5-7-15(10-16,8-6-13)9-14-17-11(2)12(3)18-14/h13H,4-9H2,1-3H3. The van der Waals surface area contributed by atoms with E-state index in [1.54, 1.807) is 11.3 Å². The van der Waals surface area contributed by atoms with E-state index in [-0.39, 0.29) is 5.41 Å². The maximum atomic E-state index is 9.56. The molecule has 1 aliphatic carbocycles. The third kappa shape index (κ3) is 2.75. The van der Waals surface area contributed by atoms with Crippen molar-refractivity contribution in [2.45, 2.75) is 59.3 Å². The molecule has 0 spiro atoms. The minimum Gasteiger partial charge on any atom is -0.246 e. The van der Waals surface area contributed by atoms with Crippen molar-refractivity contribution < 1.29 is 0 Å². The molecule has 1 aromatic heterocycles. The molecule has 0 bridgehead atoms. The number of thiazole rings is 1. The summed E-state index contributed by atoms with van der Waals surface area (Å²) in [6, 6.07) is 2.61. The maximum absolute atomic E-state index is 9.56. The van der Waals surface area contributed by atoms with E-state index < -0.39 is 0 Å². The number of aromatic nitrogens is 1. The van der Waals surface area contributed by atoms with Gasteiger partial charge in [0.25, 0.3) is 0 Å². The number of nitrogens with zero attached hydrogens (tertiary/aromatic N) is 2. The van der Waals surface area contributed by atoms with Crippen LogP contribution in [0, 0.1) is 36.5 Å². The first-order valence-corrected chi connectivity index (χ1v) is 7.74. The quantitative estimate of drug-likeness (QED) is 0.809. The van der Waals surface area contributed by atoms with Gasteiger partial charge in [0.1, 0.15) is 0 Å². The summed E-state index contributed by atoms with van der Waals surface area (Å²) in [5.41, 5.74) is 0.993. The average molecular weight is 262 g/mol. The van der Waals surface area contributed by atoms with E-state index in [2.05, 4.69) is 31.8 Å². The van der Waals surface area contributed by atoms with Gasteiger partial charge < -0.3 is 0 Å². The van der Waals surface area contributed by atoms with E-state index >= 15 is 0 Å². The molecule has 0 aliphatic heterocycles. The Morgan fingerprint density at radius 2 is 2.06 bits per heavy atom. The molecule has 1 aromatic rings. The van der Waals surface area contributed by atoms with Crippen molar-refractivity contribution in [1.82, 2.24) is 4.98 Å². The Kier molecular flexibility index (Phi) is 4.07. The van der Waals surface area contributed by atoms with Gasteiger partial charge in [-0.1, -0.05) is 13.3 Å². The molecular formula is C15H22N2S. The Labute approximate surface area is 114 Å². The molecule has 0 unspecified atom stereocenters. The summed E-state index contributed by atoms with van der Waals surface area (Å²) in [5, 5.41) is 10.7. The van der Waals surface area contributed by atoms with Crippen molar-refractivity contribution in [2.75, 3.05) is 0 Å². The minimum atomic E-state index is -0.137. The van der Waals surface area contributed by atoms with Gasteiger partial charge in [-0.05, 0) is 45.4 Å². The first-order valence-electron chi connectivity index (χ1n) is 6.93. The zero-order chi connectivity index (χ0) is 13.2. The van der Waals surface area contributed by atoms with Gasteiger partial charge in [0.15, 0.2) is 0 Å². The molecule has 0 radical (unpaired) electrons. The third-order valence-electron chi connectivity index (χ3n) is 4.44. The Bertz CT molecular complexity index is 428. The van der Waals surface area contributed by atoms with E-state index in [4.69, 9.17) is 0 Å². The van der Waals surface area contributed by atoms with E-state index in [0.29, 0.717) is 0 Å². The fourth-order valence-electron chi connectivity index (χ4n) is 2.87. The zero-order valence-electron chi connectivity index (χ0n) is 11.6. The van der Waals surface area contributed by atoms with Crippen molar-refractivity contribution in [1.29, 1.82) is 5.26 Å². The molecule has 3 heteroatoms. The third-order valence-corrected chi connectivity index (χ3v) is 5.51. The first-order chi connectivity index (χ1) is 8.58. The summed E-state index contributed by atoms with van der Waals surface area (Å²) < 4.78 is 0. The molecular weight excluding hydrogens is 240 g/mol. The predicted octanol–water partition coefficient (Wildman–Crippen LogP) is 4.41. The number of aryl methyl sites for hydroxylation is 2. The smallest absolute Gasteiger partial charge is 0.0946 e. The SMILES string of the molecule is CCC1CCC(C#N)(Cc2nc(C)c(C)s2)CC1. The summed E-state index contributed by atoms with van der Waals surface area (Å²) in [5.74, 6) is 0.839. The van der Waals surface area contributed by atoms with E-state index in [0.717, 1.165) is 35.9 Å². The molecule has 1 fully saturated rings. The molecule has 0 saturated heterocycles. The molecule has 1 saturated carbocycles. The van der Waals surface area contributed by atoms with Crippen molar-refractivity contribution in [3.8, 4) is 6.07 Å². The van der Waals surface area contributed by atoms with Crippen LogP contribution in [0.3, 0.4) is 0 Å². The van der Waals surface area contributed by atoms with Gasteiger partial charge >= 0.3 is 0 Å². The lowest BCUT2D eigenvalue weighted by Crippen LogP contribution is -2.28. The van der Waals surface area contributed by atoms with Gasteiger partial charge in [0, 0.05) is 11.3 Å². The fraction of sp³-hybridized carbons (Fsp3) is 0.733. The topological polar surface area (TPSA) is 36.7 Å². The zero-order valence-corrected chi connectivity index (χ0v) is 12.4. The second kappa shape index (κ2) is 5.40. The highest BCUT2D eigenvalue weighted by Crippen LogP contribution is 2.42. The number of hydrogen-bond acceptors (Lipinski definition) is 3. The molecule has 18 heavy (non-hydrogen) atoms. The van der Waals surface area contributed by atoms with Crippen LogP contribution >= 0.6 is 11.3 Å². The average Bonchev–Trinajstić information content (AvgIpc) is 2.69. The first kappa shape index (κ1) is 13.5. The van der Waals surface area contributed by atoms with Crippen LogP contribution in [0.2, 0.25) is 0 Å². The summed E-state index contributed by atoms with van der Waals surface area (Å²) >= 11 is 1.77. The van der Waals surface area contributed by atoms with Gasteiger partial charge in [-0.2, -0.15) is 5.26 Å². The van der Waals surface area contributed by atoms with Crippen molar-refractivity contribution in [2.24, 2.45) is 11.3 Å². The molecule has 1 heterocycles. The van der Waals surface area contributed by atoms with Gasteiger partial charge in [-0.15, -0.1) is 11.3 Å². The van der Waals surface area contributed by atoms with Crippen LogP contribution in [0.1, 0.15) is 54.6 Å². The second-order valence-corrected chi connectivity index (χ2v) is 6.96. The Morgan fingerprint density at radius 1 is 1.39 bits per heavy atom. The number of rotatable bonds is 3. The van der Waals surface area contributed by atoms with Gasteiger partial charge in [-0.3, -0.25) is 0 Å². The number of hydrogen-bond donors (Lipinski definition) is 0. The molecule has 0 atom stereocenters. The normalized spacial score (nSPS) is 28.0. The molecule has 2 nitrogen and oxygen atoms in total. The lowest BCUT2D eigenvalue weighted by molar-refractivity contribution is 0.205. The van der Waals surface area contributed by atoms with Gasteiger partial charge in [-0.25, -0.2) is 4.98 Å². The second-order valence-electron chi connectivity index (χ2n) is 5.67. The lowest BCUT2D eigenvalue weighted by Gasteiger charge is -2.34. The van der Waals surface area contributed by atoms with Crippen molar-refractivity contribution in [3.63, 3.8) is 0 Å². The molecule has 2 rings (SSSR count). The Morgan fingerprint density at radius 3 is 2.50 bits per heavy atom. The highest BCUT2D eigenvalue weighted by molar-refractivity contribution is 7.11. The molecule has 0 amide bonds. The van der Waals surface area contributed by atoms with E-state index in [1.807, 2.05) is 0 Å². The Balaban J connectivity index is 2.08. The van der Waals surface area contributed by atoms with Crippen LogP contribution in [-0.2, 0) is 6.42 Å². The van der Waals surface area contributed by atoms with Crippen molar-refractivity contribution >= 4 is 11.3 Å². The fourth-order valence-corrected chi connectivity index (χ4v) is 3.95. The summed E-state index contributed by atoms with van der Waals surface area (Å²) in [6.07, 6.45) is 6.66. The van der Waals surface area contributed by atoms with Crippen LogP contribution in [0.15, 0.2) is 0 Å². The molecule has 98 valence electrons. The van der Waals surface area contributed by atoms with E-state index in [9.17, 15) is 5.26 Å². The molecule has 1 aliphatic rings. The molecule has 0 aromatic carbocycles. The van der Waals surface area contributed by atoms with E-state index in [1.165, 1.54) is 24.1 Å². The number of nitriles is 1. The predicted molar refractivity (Wildman–Crippen MR) is 75.6 cm³/mol. The summed E-state index contributed by atoms with van der Waals surface area (Å²) in [7, 11) is 0. The minimum absolute atomic E-state index is 0.137. The maximum Gasteiger partial charge on any atom is 0.0946 e. The van der Waals surface area contributed by atoms with Crippen LogP contribution in [0.25, 0.3) is 0 Å².